The molecule has 2 rings (SSSR count). The summed E-state index contributed by atoms with van der Waals surface area (Å²) in [6.45, 7) is 4.10. The highest BCUT2D eigenvalue weighted by Gasteiger charge is 2.28. The van der Waals surface area contributed by atoms with Gasteiger partial charge in [0.15, 0.2) is 0 Å². The molecule has 1 N–H and O–H groups in total. The molecule has 0 unspecified atom stereocenters. The van der Waals surface area contributed by atoms with E-state index in [4.69, 9.17) is 13.9 Å². The number of methoxy groups -OCH3 is 2. The van der Waals surface area contributed by atoms with Crippen LogP contribution in [0.15, 0.2) is 41.0 Å². The fourth-order valence-electron chi connectivity index (χ4n) is 2.63. The maximum Gasteiger partial charge on any atom is 0.252 e. The van der Waals surface area contributed by atoms with Crippen LogP contribution in [-0.4, -0.2) is 44.0 Å². The minimum Gasteiger partial charge on any atom is -0.497 e. The monoisotopic (exact) mass is 374 g/mol. The first-order valence-corrected chi connectivity index (χ1v) is 8.67. The Morgan fingerprint density at radius 2 is 1.78 bits per heavy atom. The number of nitrogens with zero attached hydrogens (tertiary/aromatic N) is 1. The summed E-state index contributed by atoms with van der Waals surface area (Å²) >= 11 is 0. The van der Waals surface area contributed by atoms with Crippen LogP contribution in [0.4, 0.5) is 0 Å². The van der Waals surface area contributed by atoms with Crippen molar-refractivity contribution in [3.8, 4) is 11.5 Å². The van der Waals surface area contributed by atoms with Crippen molar-refractivity contribution in [2.75, 3.05) is 21.3 Å². The zero-order valence-corrected chi connectivity index (χ0v) is 16.3. The SMILES string of the molecule is COc1cc(OC)cc(C(=O)N[C@@H](C(=O)N(C)Cc2ccco2)C(C)C)c1. The van der Waals surface area contributed by atoms with E-state index in [1.54, 1.807) is 43.6 Å². The third-order valence-electron chi connectivity index (χ3n) is 4.18. The Labute approximate surface area is 159 Å². The highest BCUT2D eigenvalue weighted by Crippen LogP contribution is 2.22. The summed E-state index contributed by atoms with van der Waals surface area (Å²) in [4.78, 5) is 27.1. The van der Waals surface area contributed by atoms with Gasteiger partial charge in [-0.25, -0.2) is 0 Å². The molecule has 1 aromatic carbocycles. The van der Waals surface area contributed by atoms with Crippen LogP contribution in [0.25, 0.3) is 0 Å². The first-order valence-electron chi connectivity index (χ1n) is 8.67. The number of hydrogen-bond donors (Lipinski definition) is 1. The lowest BCUT2D eigenvalue weighted by molar-refractivity contribution is -0.133. The first kappa shape index (κ1) is 20.4. The number of likely N-dealkylation sites (N-methyl/N-ethyl adjacent to an activating group) is 1. The van der Waals surface area contributed by atoms with Crippen LogP contribution in [0.1, 0.15) is 30.0 Å². The fourth-order valence-corrected chi connectivity index (χ4v) is 2.63. The van der Waals surface area contributed by atoms with Gasteiger partial charge < -0.3 is 24.1 Å². The van der Waals surface area contributed by atoms with Gasteiger partial charge in [-0.2, -0.15) is 0 Å². The van der Waals surface area contributed by atoms with E-state index in [-0.39, 0.29) is 17.7 Å². The van der Waals surface area contributed by atoms with Crippen LogP contribution >= 0.6 is 0 Å². The maximum atomic E-state index is 12.8. The van der Waals surface area contributed by atoms with Crippen molar-refractivity contribution in [2.45, 2.75) is 26.4 Å². The van der Waals surface area contributed by atoms with E-state index < -0.39 is 6.04 Å². The molecule has 0 saturated heterocycles. The minimum atomic E-state index is -0.672. The number of carbonyl (C=O) groups excluding carboxylic acids is 2. The lowest BCUT2D eigenvalue weighted by atomic mass is 10.0. The van der Waals surface area contributed by atoms with Crippen molar-refractivity contribution >= 4 is 11.8 Å². The minimum absolute atomic E-state index is 0.0898. The van der Waals surface area contributed by atoms with Crippen molar-refractivity contribution in [2.24, 2.45) is 5.92 Å². The molecule has 1 heterocycles. The number of ether oxygens (including phenoxy) is 2. The third kappa shape index (κ3) is 5.26. The van der Waals surface area contributed by atoms with E-state index in [9.17, 15) is 9.59 Å². The summed E-state index contributed by atoms with van der Waals surface area (Å²) in [6.07, 6.45) is 1.56. The second-order valence-electron chi connectivity index (χ2n) is 6.57. The molecule has 1 atom stereocenters. The Morgan fingerprint density at radius 1 is 1.15 bits per heavy atom. The Kier molecular flexibility index (Phi) is 6.87. The number of carbonyl (C=O) groups is 2. The summed E-state index contributed by atoms with van der Waals surface area (Å²) < 4.78 is 15.7. The molecular formula is C20H26N2O5. The lowest BCUT2D eigenvalue weighted by Gasteiger charge is -2.26. The van der Waals surface area contributed by atoms with Crippen LogP contribution < -0.4 is 14.8 Å². The van der Waals surface area contributed by atoms with Gasteiger partial charge in [0, 0.05) is 18.7 Å². The third-order valence-corrected chi connectivity index (χ3v) is 4.18. The molecule has 0 aliphatic heterocycles. The van der Waals surface area contributed by atoms with E-state index in [1.807, 2.05) is 13.8 Å². The molecule has 0 aliphatic carbocycles. The second kappa shape index (κ2) is 9.12. The quantitative estimate of drug-likeness (QED) is 0.768. The van der Waals surface area contributed by atoms with Gasteiger partial charge in [0.05, 0.1) is 27.0 Å². The molecule has 0 fully saturated rings. The van der Waals surface area contributed by atoms with Crippen LogP contribution in [-0.2, 0) is 11.3 Å². The summed E-state index contributed by atoms with van der Waals surface area (Å²) in [5.74, 6) is 1.03. The molecule has 0 saturated carbocycles. The van der Waals surface area contributed by atoms with E-state index in [0.717, 1.165) is 0 Å². The van der Waals surface area contributed by atoms with Gasteiger partial charge in [-0.05, 0) is 30.2 Å². The number of benzene rings is 1. The van der Waals surface area contributed by atoms with E-state index in [0.29, 0.717) is 29.4 Å². The number of amides is 2. The highest BCUT2D eigenvalue weighted by atomic mass is 16.5. The molecule has 7 heteroatoms. The van der Waals surface area contributed by atoms with Gasteiger partial charge in [0.2, 0.25) is 5.91 Å². The average molecular weight is 374 g/mol. The molecule has 146 valence electrons. The standard InChI is InChI=1S/C20H26N2O5/c1-13(2)18(20(24)22(3)12-15-7-6-8-27-15)21-19(23)14-9-16(25-4)11-17(10-14)26-5/h6-11,13,18H,12H2,1-5H3,(H,21,23)/t18-/m1/s1. The zero-order chi connectivity index (χ0) is 20.0. The molecule has 2 amide bonds. The largest absolute Gasteiger partial charge is 0.497 e. The topological polar surface area (TPSA) is 81.0 Å². The molecule has 0 bridgehead atoms. The van der Waals surface area contributed by atoms with E-state index in [1.165, 1.54) is 19.1 Å². The van der Waals surface area contributed by atoms with Crippen molar-refractivity contribution < 1.29 is 23.5 Å². The van der Waals surface area contributed by atoms with Crippen LogP contribution in [0.2, 0.25) is 0 Å². The normalized spacial score (nSPS) is 11.8. The van der Waals surface area contributed by atoms with Crippen molar-refractivity contribution in [1.29, 1.82) is 0 Å². The predicted molar refractivity (Wildman–Crippen MR) is 101 cm³/mol. The lowest BCUT2D eigenvalue weighted by Crippen LogP contribution is -2.50. The molecule has 1 aromatic heterocycles. The number of furan rings is 1. The number of nitrogens with one attached hydrogen (secondary N) is 1. The molecule has 0 spiro atoms. The Morgan fingerprint density at radius 3 is 2.26 bits per heavy atom. The van der Waals surface area contributed by atoms with Crippen LogP contribution in [0.3, 0.4) is 0 Å². The Hall–Kier alpha value is -2.96. The van der Waals surface area contributed by atoms with Gasteiger partial charge in [0.25, 0.3) is 5.91 Å². The van der Waals surface area contributed by atoms with E-state index >= 15 is 0 Å². The predicted octanol–water partition coefficient (Wildman–Crippen LogP) is 2.71. The van der Waals surface area contributed by atoms with E-state index in [2.05, 4.69) is 5.32 Å². The number of hydrogen-bond acceptors (Lipinski definition) is 5. The van der Waals surface area contributed by atoms with Gasteiger partial charge in [-0.1, -0.05) is 13.8 Å². The molecular weight excluding hydrogens is 348 g/mol. The Bertz CT molecular complexity index is 748. The van der Waals surface area contributed by atoms with Crippen LogP contribution in [0, 0.1) is 5.92 Å². The second-order valence-corrected chi connectivity index (χ2v) is 6.57. The summed E-state index contributed by atoms with van der Waals surface area (Å²) in [5.41, 5.74) is 0.360. The molecule has 27 heavy (non-hydrogen) atoms. The summed E-state index contributed by atoms with van der Waals surface area (Å²) in [7, 11) is 4.71. The van der Waals surface area contributed by atoms with Crippen molar-refractivity contribution in [1.82, 2.24) is 10.2 Å². The average Bonchev–Trinajstić information content (AvgIpc) is 3.17. The van der Waals surface area contributed by atoms with Gasteiger partial charge >= 0.3 is 0 Å². The summed E-state index contributed by atoms with van der Waals surface area (Å²) in [6, 6.07) is 7.79. The molecule has 7 nitrogen and oxygen atoms in total. The van der Waals surface area contributed by atoms with Gasteiger partial charge in [-0.15, -0.1) is 0 Å². The zero-order valence-electron chi connectivity index (χ0n) is 16.3. The number of rotatable bonds is 8. The van der Waals surface area contributed by atoms with Gasteiger partial charge in [-0.3, -0.25) is 9.59 Å². The summed E-state index contributed by atoms with van der Waals surface area (Å²) in [5, 5.41) is 2.82. The molecule has 2 aromatic rings. The maximum absolute atomic E-state index is 12.8. The first-order chi connectivity index (χ1) is 12.8. The molecule has 0 aliphatic rings. The smallest absolute Gasteiger partial charge is 0.252 e. The highest BCUT2D eigenvalue weighted by molar-refractivity contribution is 5.98. The van der Waals surface area contributed by atoms with Crippen molar-refractivity contribution in [3.05, 3.63) is 47.9 Å². The van der Waals surface area contributed by atoms with Crippen LogP contribution in [0.5, 0.6) is 11.5 Å². The van der Waals surface area contributed by atoms with Crippen molar-refractivity contribution in [3.63, 3.8) is 0 Å². The molecule has 0 radical (unpaired) electrons. The fraction of sp³-hybridized carbons (Fsp3) is 0.400. The Balaban J connectivity index is 2.15. The van der Waals surface area contributed by atoms with Gasteiger partial charge in [0.1, 0.15) is 23.3 Å².